The molecule has 0 spiro atoms. The van der Waals surface area contributed by atoms with Crippen LogP contribution in [-0.2, 0) is 16.8 Å². The van der Waals surface area contributed by atoms with E-state index in [1.807, 2.05) is 23.6 Å². The van der Waals surface area contributed by atoms with E-state index in [0.29, 0.717) is 29.3 Å². The summed E-state index contributed by atoms with van der Waals surface area (Å²) >= 11 is 1.35. The van der Waals surface area contributed by atoms with E-state index < -0.39 is 22.3 Å². The summed E-state index contributed by atoms with van der Waals surface area (Å²) in [4.78, 5) is 33.3. The second-order valence-electron chi connectivity index (χ2n) is 7.99. The molecule has 174 valence electrons. The van der Waals surface area contributed by atoms with Crippen molar-refractivity contribution in [3.63, 3.8) is 0 Å². The van der Waals surface area contributed by atoms with Gasteiger partial charge < -0.3 is 19.9 Å². The number of aromatic nitrogens is 2. The zero-order valence-corrected chi connectivity index (χ0v) is 19.0. The van der Waals surface area contributed by atoms with Crippen LogP contribution in [0, 0.1) is 10.1 Å². The molecular weight excluding hydrogens is 448 g/mol. The maximum Gasteiger partial charge on any atom is 0.324 e. The maximum absolute atomic E-state index is 12.5. The molecule has 1 aliphatic rings. The summed E-state index contributed by atoms with van der Waals surface area (Å²) in [6, 6.07) is 5.76. The van der Waals surface area contributed by atoms with Gasteiger partial charge in [0.15, 0.2) is 22.7 Å². The Labute approximate surface area is 193 Å². The fourth-order valence-corrected chi connectivity index (χ4v) is 5.18. The number of rotatable bonds is 8. The summed E-state index contributed by atoms with van der Waals surface area (Å²) in [5, 5.41) is 28.2. The van der Waals surface area contributed by atoms with Gasteiger partial charge in [0, 0.05) is 35.5 Å². The summed E-state index contributed by atoms with van der Waals surface area (Å²) in [7, 11) is 3.11. The number of aliphatic carboxylic acids is 1. The van der Waals surface area contributed by atoms with Gasteiger partial charge in [-0.2, -0.15) is 0 Å². The number of nitro groups is 1. The summed E-state index contributed by atoms with van der Waals surface area (Å²) < 4.78 is 10.6. The highest BCUT2D eigenvalue weighted by atomic mass is 32.1. The zero-order valence-electron chi connectivity index (χ0n) is 18.2. The third-order valence-corrected chi connectivity index (χ3v) is 7.07. The van der Waals surface area contributed by atoms with Crippen LogP contribution >= 0.6 is 11.3 Å². The van der Waals surface area contributed by atoms with Crippen LogP contribution in [0.5, 0.6) is 11.5 Å². The van der Waals surface area contributed by atoms with E-state index in [9.17, 15) is 20.0 Å². The van der Waals surface area contributed by atoms with Gasteiger partial charge in [-0.1, -0.05) is 6.07 Å². The SMILES string of the molecule is COc1ccc(CNC2CCC(C(=O)O)(c3ncc4ccsc4n3)C([N+](=O)[O-])C2)cc1OC. The Hall–Kier alpha value is -3.31. The van der Waals surface area contributed by atoms with Gasteiger partial charge in [0.1, 0.15) is 4.83 Å². The summed E-state index contributed by atoms with van der Waals surface area (Å²) in [5.41, 5.74) is -0.852. The summed E-state index contributed by atoms with van der Waals surface area (Å²) in [5.74, 6) is -0.0562. The lowest BCUT2D eigenvalue weighted by atomic mass is 9.68. The number of fused-ring (bicyclic) bond motifs is 1. The van der Waals surface area contributed by atoms with Crippen LogP contribution in [0.15, 0.2) is 35.8 Å². The van der Waals surface area contributed by atoms with Crippen molar-refractivity contribution in [2.75, 3.05) is 14.2 Å². The molecule has 0 aliphatic heterocycles. The minimum absolute atomic E-state index is 0.00462. The molecule has 2 N–H and O–H groups in total. The standard InChI is InChI=1S/C22H24N4O6S/c1-31-16-4-3-13(9-17(16)32-2)11-23-15-5-7-22(21(27)28,18(10-15)26(29)30)20-24-12-14-6-8-33-19(14)25-20/h3-4,6,8-9,12,15,18,23H,5,7,10-11H2,1-2H3,(H,27,28). The Bertz CT molecular complexity index is 1180. The van der Waals surface area contributed by atoms with Crippen LogP contribution in [0.3, 0.4) is 0 Å². The van der Waals surface area contributed by atoms with Crippen molar-refractivity contribution in [2.45, 2.75) is 43.3 Å². The maximum atomic E-state index is 12.5. The van der Waals surface area contributed by atoms with Gasteiger partial charge in [0.05, 0.1) is 14.2 Å². The van der Waals surface area contributed by atoms with Crippen molar-refractivity contribution in [3.8, 4) is 11.5 Å². The van der Waals surface area contributed by atoms with E-state index in [0.717, 1.165) is 10.9 Å². The monoisotopic (exact) mass is 472 g/mol. The molecule has 4 rings (SSSR count). The van der Waals surface area contributed by atoms with E-state index in [-0.39, 0.29) is 24.7 Å². The lowest BCUT2D eigenvalue weighted by Gasteiger charge is -2.37. The molecule has 1 aliphatic carbocycles. The number of nitrogens with zero attached hydrogens (tertiary/aromatic N) is 3. The van der Waals surface area contributed by atoms with Gasteiger partial charge in [-0.15, -0.1) is 11.3 Å². The van der Waals surface area contributed by atoms with Crippen molar-refractivity contribution >= 4 is 27.5 Å². The highest BCUT2D eigenvalue weighted by molar-refractivity contribution is 7.16. The predicted molar refractivity (Wildman–Crippen MR) is 122 cm³/mol. The smallest absolute Gasteiger partial charge is 0.324 e. The molecule has 0 radical (unpaired) electrons. The lowest BCUT2D eigenvalue weighted by Crippen LogP contribution is -2.57. The minimum Gasteiger partial charge on any atom is -0.493 e. The van der Waals surface area contributed by atoms with Gasteiger partial charge in [-0.05, 0) is 42.0 Å². The first kappa shape index (κ1) is 22.9. The molecule has 2 heterocycles. The molecular formula is C22H24N4O6S. The first-order chi connectivity index (χ1) is 15.9. The number of ether oxygens (including phenoxy) is 2. The molecule has 10 nitrogen and oxygen atoms in total. The zero-order chi connectivity index (χ0) is 23.6. The van der Waals surface area contributed by atoms with Gasteiger partial charge in [0.2, 0.25) is 6.04 Å². The normalized spacial score (nSPS) is 22.7. The van der Waals surface area contributed by atoms with Crippen molar-refractivity contribution in [3.05, 3.63) is 57.3 Å². The third-order valence-electron chi connectivity index (χ3n) is 6.25. The molecule has 33 heavy (non-hydrogen) atoms. The largest absolute Gasteiger partial charge is 0.493 e. The molecule has 0 bridgehead atoms. The molecule has 2 aromatic heterocycles. The fourth-order valence-electron chi connectivity index (χ4n) is 4.44. The molecule has 1 aromatic carbocycles. The van der Waals surface area contributed by atoms with Crippen LogP contribution in [-0.4, -0.2) is 52.3 Å². The number of benzene rings is 1. The van der Waals surface area contributed by atoms with E-state index in [4.69, 9.17) is 9.47 Å². The molecule has 1 fully saturated rings. The van der Waals surface area contributed by atoms with E-state index in [2.05, 4.69) is 15.3 Å². The Morgan fingerprint density at radius 3 is 2.82 bits per heavy atom. The summed E-state index contributed by atoms with van der Waals surface area (Å²) in [6.45, 7) is 0.452. The quantitative estimate of drug-likeness (QED) is 0.374. The minimum atomic E-state index is -1.77. The van der Waals surface area contributed by atoms with E-state index in [1.165, 1.54) is 17.5 Å². The average Bonchev–Trinajstić information content (AvgIpc) is 3.30. The third kappa shape index (κ3) is 4.21. The second-order valence-corrected chi connectivity index (χ2v) is 8.89. The van der Waals surface area contributed by atoms with Gasteiger partial charge in [-0.25, -0.2) is 9.97 Å². The molecule has 3 aromatic rings. The molecule has 3 unspecified atom stereocenters. The highest BCUT2D eigenvalue weighted by Crippen LogP contribution is 2.41. The Morgan fingerprint density at radius 2 is 2.12 bits per heavy atom. The van der Waals surface area contributed by atoms with Crippen LogP contribution in [0.1, 0.15) is 30.7 Å². The molecule has 1 saturated carbocycles. The number of carboxylic acids is 1. The van der Waals surface area contributed by atoms with Crippen LogP contribution < -0.4 is 14.8 Å². The van der Waals surface area contributed by atoms with Crippen molar-refractivity contribution < 1.29 is 24.3 Å². The van der Waals surface area contributed by atoms with Crippen LogP contribution in [0.2, 0.25) is 0 Å². The first-order valence-corrected chi connectivity index (χ1v) is 11.3. The second kappa shape index (κ2) is 9.28. The Kier molecular flexibility index (Phi) is 6.43. The fraction of sp³-hybridized carbons (Fsp3) is 0.409. The van der Waals surface area contributed by atoms with Crippen molar-refractivity contribution in [2.24, 2.45) is 0 Å². The van der Waals surface area contributed by atoms with Crippen molar-refractivity contribution in [1.82, 2.24) is 15.3 Å². The number of carbonyl (C=O) groups is 1. The molecule has 11 heteroatoms. The van der Waals surface area contributed by atoms with Crippen molar-refractivity contribution in [1.29, 1.82) is 0 Å². The molecule has 0 saturated heterocycles. The number of methoxy groups -OCH3 is 2. The van der Waals surface area contributed by atoms with Gasteiger partial charge in [-0.3, -0.25) is 14.9 Å². The van der Waals surface area contributed by atoms with Crippen LogP contribution in [0.25, 0.3) is 10.2 Å². The van der Waals surface area contributed by atoms with Crippen LogP contribution in [0.4, 0.5) is 0 Å². The first-order valence-electron chi connectivity index (χ1n) is 10.4. The number of carboxylic acid groups (broad SMARTS) is 1. The summed E-state index contributed by atoms with van der Waals surface area (Å²) in [6.07, 6.45) is 2.10. The van der Waals surface area contributed by atoms with E-state index >= 15 is 0 Å². The number of thiophene rings is 1. The van der Waals surface area contributed by atoms with E-state index in [1.54, 1.807) is 20.3 Å². The Morgan fingerprint density at radius 1 is 1.33 bits per heavy atom. The van der Waals surface area contributed by atoms with Gasteiger partial charge >= 0.3 is 5.97 Å². The average molecular weight is 473 g/mol. The predicted octanol–water partition coefficient (Wildman–Crippen LogP) is 3.02. The number of nitrogens with one attached hydrogen (secondary N) is 1. The Balaban J connectivity index is 1.56. The van der Waals surface area contributed by atoms with Gasteiger partial charge in [0.25, 0.3) is 0 Å². The highest BCUT2D eigenvalue weighted by Gasteiger charge is 2.59. The topological polar surface area (TPSA) is 137 Å². The molecule has 3 atom stereocenters. The number of hydrogen-bond donors (Lipinski definition) is 2. The lowest BCUT2D eigenvalue weighted by molar-refractivity contribution is -0.537. The molecule has 0 amide bonds. The number of hydrogen-bond acceptors (Lipinski definition) is 9.